The van der Waals surface area contributed by atoms with Crippen LogP contribution < -0.4 is 10.9 Å². The van der Waals surface area contributed by atoms with Crippen molar-refractivity contribution >= 4 is 22.6 Å². The van der Waals surface area contributed by atoms with Gasteiger partial charge in [0, 0.05) is 30.1 Å². The van der Waals surface area contributed by atoms with E-state index >= 15 is 0 Å². The molecule has 0 bridgehead atoms. The topological polar surface area (TPSA) is 68.9 Å². The highest BCUT2D eigenvalue weighted by atomic mass is 19.1. The van der Waals surface area contributed by atoms with E-state index in [1.807, 2.05) is 44.2 Å². The summed E-state index contributed by atoms with van der Waals surface area (Å²) in [6.07, 6.45) is 0.398. The normalized spacial score (nSPS) is 11.1. The highest BCUT2D eigenvalue weighted by Crippen LogP contribution is 2.25. The fourth-order valence-corrected chi connectivity index (χ4v) is 3.95. The van der Waals surface area contributed by atoms with E-state index in [1.165, 1.54) is 18.2 Å². The molecule has 0 aliphatic carbocycles. The molecule has 2 aromatic carbocycles. The number of anilines is 1. The number of fused-ring (bicyclic) bond motifs is 1. The van der Waals surface area contributed by atoms with Gasteiger partial charge in [-0.2, -0.15) is 5.10 Å². The van der Waals surface area contributed by atoms with Crippen LogP contribution in [0.15, 0.2) is 59.4 Å². The number of hydrogen-bond donors (Lipinski definition) is 1. The molecule has 0 aliphatic rings. The lowest BCUT2D eigenvalue weighted by Gasteiger charge is -2.13. The summed E-state index contributed by atoms with van der Waals surface area (Å²) >= 11 is 0. The summed E-state index contributed by atoms with van der Waals surface area (Å²) in [5, 5.41) is 8.25. The van der Waals surface area contributed by atoms with Crippen LogP contribution in [-0.2, 0) is 18.3 Å². The van der Waals surface area contributed by atoms with Crippen molar-refractivity contribution in [2.75, 3.05) is 5.32 Å². The molecule has 7 heteroatoms. The fourth-order valence-electron chi connectivity index (χ4n) is 3.95. The van der Waals surface area contributed by atoms with Crippen LogP contribution in [0.3, 0.4) is 0 Å². The minimum atomic E-state index is -0.418. The average Bonchev–Trinajstić information content (AvgIpc) is 3.10. The van der Waals surface area contributed by atoms with Gasteiger partial charge in [-0.05, 0) is 56.2 Å². The van der Waals surface area contributed by atoms with Crippen LogP contribution in [0.5, 0.6) is 0 Å². The van der Waals surface area contributed by atoms with Crippen LogP contribution in [0.1, 0.15) is 23.2 Å². The number of nitrogens with one attached hydrogen (secondary N) is 1. The molecule has 1 amide bonds. The van der Waals surface area contributed by atoms with Gasteiger partial charge in [-0.1, -0.05) is 24.3 Å². The van der Waals surface area contributed by atoms with Gasteiger partial charge in [0.2, 0.25) is 5.91 Å². The number of amides is 1. The Morgan fingerprint density at radius 3 is 2.55 bits per heavy atom. The van der Waals surface area contributed by atoms with Gasteiger partial charge in [0.05, 0.1) is 11.4 Å². The van der Waals surface area contributed by atoms with Gasteiger partial charge in [0.15, 0.2) is 0 Å². The van der Waals surface area contributed by atoms with Gasteiger partial charge in [-0.15, -0.1) is 0 Å². The van der Waals surface area contributed by atoms with Crippen molar-refractivity contribution in [2.45, 2.75) is 26.7 Å². The second-order valence-electron chi connectivity index (χ2n) is 7.56. The third-order valence-electron chi connectivity index (χ3n) is 5.46. The SMILES string of the molecule is Cc1nn(-c2ccccc2)c2c1c(C)c(CCC(=O)Nc1cccc(F)c1)c(=O)n2C. The van der Waals surface area contributed by atoms with E-state index < -0.39 is 5.82 Å². The van der Waals surface area contributed by atoms with Crippen LogP contribution >= 0.6 is 0 Å². The van der Waals surface area contributed by atoms with Crippen molar-refractivity contribution in [1.82, 2.24) is 14.3 Å². The molecule has 0 aliphatic heterocycles. The lowest BCUT2D eigenvalue weighted by Crippen LogP contribution is -2.25. The summed E-state index contributed by atoms with van der Waals surface area (Å²) < 4.78 is 16.7. The molecule has 2 aromatic heterocycles. The van der Waals surface area contributed by atoms with E-state index in [4.69, 9.17) is 0 Å². The molecule has 4 rings (SSSR count). The van der Waals surface area contributed by atoms with Crippen LogP contribution in [-0.4, -0.2) is 20.3 Å². The van der Waals surface area contributed by atoms with Crippen LogP contribution in [0.4, 0.5) is 10.1 Å². The number of pyridine rings is 1. The summed E-state index contributed by atoms with van der Waals surface area (Å²) in [6, 6.07) is 15.4. The number of aryl methyl sites for hydroxylation is 3. The first-order valence-corrected chi connectivity index (χ1v) is 10.1. The van der Waals surface area contributed by atoms with Crippen molar-refractivity contribution in [2.24, 2.45) is 7.05 Å². The molecule has 2 heterocycles. The molecule has 0 radical (unpaired) electrons. The van der Waals surface area contributed by atoms with Gasteiger partial charge in [0.1, 0.15) is 11.5 Å². The van der Waals surface area contributed by atoms with Crippen molar-refractivity contribution < 1.29 is 9.18 Å². The van der Waals surface area contributed by atoms with E-state index in [1.54, 1.807) is 22.4 Å². The Hall–Kier alpha value is -3.74. The molecule has 0 fully saturated rings. The monoisotopic (exact) mass is 418 g/mol. The first-order valence-electron chi connectivity index (χ1n) is 10.1. The maximum atomic E-state index is 13.3. The van der Waals surface area contributed by atoms with Gasteiger partial charge < -0.3 is 5.32 Å². The van der Waals surface area contributed by atoms with E-state index in [0.29, 0.717) is 11.3 Å². The number of halogens is 1. The minimum absolute atomic E-state index is 0.115. The summed E-state index contributed by atoms with van der Waals surface area (Å²) in [7, 11) is 1.72. The number of para-hydroxylation sites is 1. The summed E-state index contributed by atoms with van der Waals surface area (Å²) in [6.45, 7) is 3.81. The Bertz CT molecular complexity index is 1340. The number of aromatic nitrogens is 3. The molecule has 6 nitrogen and oxygen atoms in total. The highest BCUT2D eigenvalue weighted by Gasteiger charge is 2.20. The molecule has 0 spiro atoms. The van der Waals surface area contributed by atoms with E-state index in [-0.39, 0.29) is 24.3 Å². The third kappa shape index (κ3) is 3.86. The summed E-state index contributed by atoms with van der Waals surface area (Å²) in [5.41, 5.74) is 4.07. The molecule has 0 saturated carbocycles. The zero-order chi connectivity index (χ0) is 22.1. The first kappa shape index (κ1) is 20.5. The van der Waals surface area contributed by atoms with Crippen molar-refractivity contribution in [3.63, 3.8) is 0 Å². The Labute approximate surface area is 178 Å². The summed E-state index contributed by atoms with van der Waals surface area (Å²) in [4.78, 5) is 25.5. The quantitative estimate of drug-likeness (QED) is 0.532. The number of carbonyl (C=O) groups is 1. The average molecular weight is 418 g/mol. The zero-order valence-electron chi connectivity index (χ0n) is 17.6. The molecule has 0 unspecified atom stereocenters. The number of hydrogen-bond acceptors (Lipinski definition) is 3. The fraction of sp³-hybridized carbons (Fsp3) is 0.208. The molecule has 4 aromatic rings. The Morgan fingerprint density at radius 1 is 1.10 bits per heavy atom. The Balaban J connectivity index is 1.67. The predicted octanol–water partition coefficient (Wildman–Crippen LogP) is 4.05. The Morgan fingerprint density at radius 2 is 1.84 bits per heavy atom. The van der Waals surface area contributed by atoms with Crippen molar-refractivity contribution in [3.05, 3.63) is 87.6 Å². The zero-order valence-corrected chi connectivity index (χ0v) is 17.6. The van der Waals surface area contributed by atoms with Gasteiger partial charge >= 0.3 is 0 Å². The largest absolute Gasteiger partial charge is 0.326 e. The minimum Gasteiger partial charge on any atom is -0.326 e. The first-order chi connectivity index (χ1) is 14.9. The second-order valence-corrected chi connectivity index (χ2v) is 7.56. The van der Waals surface area contributed by atoms with Crippen molar-refractivity contribution in [3.8, 4) is 5.69 Å². The Kier molecular flexibility index (Phi) is 5.42. The number of carbonyl (C=O) groups excluding carboxylic acids is 1. The molecular weight excluding hydrogens is 395 g/mol. The van der Waals surface area contributed by atoms with Crippen LogP contribution in [0.2, 0.25) is 0 Å². The lowest BCUT2D eigenvalue weighted by molar-refractivity contribution is -0.116. The van der Waals surface area contributed by atoms with E-state index in [2.05, 4.69) is 10.4 Å². The maximum Gasteiger partial charge on any atom is 0.255 e. The van der Waals surface area contributed by atoms with Gasteiger partial charge in [0.25, 0.3) is 5.56 Å². The third-order valence-corrected chi connectivity index (χ3v) is 5.46. The molecular formula is C24H23FN4O2. The van der Waals surface area contributed by atoms with Crippen LogP contribution in [0, 0.1) is 19.7 Å². The molecule has 0 saturated heterocycles. The van der Waals surface area contributed by atoms with Gasteiger partial charge in [-0.3, -0.25) is 14.2 Å². The highest BCUT2D eigenvalue weighted by molar-refractivity contribution is 5.91. The molecule has 0 atom stereocenters. The maximum absolute atomic E-state index is 13.3. The molecule has 1 N–H and O–H groups in total. The van der Waals surface area contributed by atoms with Crippen LogP contribution in [0.25, 0.3) is 16.7 Å². The summed E-state index contributed by atoms with van der Waals surface area (Å²) in [5.74, 6) is -0.692. The van der Waals surface area contributed by atoms with E-state index in [0.717, 1.165) is 28.0 Å². The molecule has 31 heavy (non-hydrogen) atoms. The standard InChI is InChI=1S/C24H23FN4O2/c1-15-20(12-13-21(30)26-18-9-7-8-17(25)14-18)24(31)28(3)23-22(15)16(2)27-29(23)19-10-5-4-6-11-19/h4-11,14H,12-13H2,1-3H3,(H,26,30). The number of rotatable bonds is 5. The van der Waals surface area contributed by atoms with Gasteiger partial charge in [-0.25, -0.2) is 9.07 Å². The molecule has 158 valence electrons. The number of benzene rings is 2. The predicted molar refractivity (Wildman–Crippen MR) is 119 cm³/mol. The van der Waals surface area contributed by atoms with Crippen molar-refractivity contribution in [1.29, 1.82) is 0 Å². The second kappa shape index (κ2) is 8.18. The lowest BCUT2D eigenvalue weighted by atomic mass is 10.0. The van der Waals surface area contributed by atoms with E-state index in [9.17, 15) is 14.0 Å². The number of nitrogens with zero attached hydrogens (tertiary/aromatic N) is 3. The smallest absolute Gasteiger partial charge is 0.255 e.